The molecule has 2 aromatic carbocycles. The number of anilines is 1. The fourth-order valence-electron chi connectivity index (χ4n) is 3.86. The zero-order chi connectivity index (χ0) is 21.6. The van der Waals surface area contributed by atoms with Gasteiger partial charge in [0.05, 0.1) is 45.1 Å². The average Bonchev–Trinajstić information content (AvgIpc) is 3.15. The highest BCUT2D eigenvalue weighted by molar-refractivity contribution is 7.71. The van der Waals surface area contributed by atoms with Gasteiger partial charge in [-0.3, -0.25) is 0 Å². The molecule has 8 nitrogen and oxygen atoms in total. The first-order chi connectivity index (χ1) is 15.2. The van der Waals surface area contributed by atoms with Crippen LogP contribution in [0.5, 0.6) is 11.5 Å². The molecule has 4 rings (SSSR count). The predicted molar refractivity (Wildman–Crippen MR) is 122 cm³/mol. The van der Waals surface area contributed by atoms with Crippen LogP contribution >= 0.6 is 12.2 Å². The van der Waals surface area contributed by atoms with Gasteiger partial charge in [-0.05, 0) is 60.8 Å². The number of hydrogen-bond acceptors (Lipinski definition) is 6. The quantitative estimate of drug-likeness (QED) is 0.540. The summed E-state index contributed by atoms with van der Waals surface area (Å²) in [5.74, 6) is 1.70. The Labute approximate surface area is 187 Å². The van der Waals surface area contributed by atoms with Gasteiger partial charge < -0.3 is 19.3 Å². The highest BCUT2D eigenvalue weighted by atomic mass is 32.1. The number of para-hydroxylation sites is 4. The Kier molecular flexibility index (Phi) is 6.83. The first kappa shape index (κ1) is 21.3. The van der Waals surface area contributed by atoms with Crippen LogP contribution < -0.4 is 19.3 Å². The summed E-state index contributed by atoms with van der Waals surface area (Å²) in [6.45, 7) is 9.81. The molecular formula is C22H29N6O2S+. The van der Waals surface area contributed by atoms with Gasteiger partial charge in [0.2, 0.25) is 4.77 Å². The summed E-state index contributed by atoms with van der Waals surface area (Å²) in [6.07, 6.45) is 0. The Hall–Kier alpha value is -2.91. The lowest BCUT2D eigenvalue weighted by Gasteiger charge is -2.34. The highest BCUT2D eigenvalue weighted by Gasteiger charge is 2.23. The zero-order valence-corrected chi connectivity index (χ0v) is 18.8. The summed E-state index contributed by atoms with van der Waals surface area (Å²) >= 11 is 5.67. The number of rotatable bonds is 8. The van der Waals surface area contributed by atoms with E-state index in [1.165, 1.54) is 10.6 Å². The van der Waals surface area contributed by atoms with E-state index in [9.17, 15) is 0 Å². The maximum Gasteiger partial charge on any atom is 0.225 e. The largest absolute Gasteiger partial charge is 0.492 e. The molecule has 0 bridgehead atoms. The number of quaternary nitrogens is 1. The third-order valence-electron chi connectivity index (χ3n) is 5.38. The van der Waals surface area contributed by atoms with E-state index < -0.39 is 0 Å². The Morgan fingerprint density at radius 1 is 0.871 bits per heavy atom. The summed E-state index contributed by atoms with van der Waals surface area (Å²) in [5.41, 5.74) is 1.98. The van der Waals surface area contributed by atoms with Crippen LogP contribution in [-0.4, -0.2) is 59.2 Å². The van der Waals surface area contributed by atoms with Crippen molar-refractivity contribution in [3.8, 4) is 17.2 Å². The molecular weight excluding hydrogens is 412 g/mol. The van der Waals surface area contributed by atoms with Gasteiger partial charge in [-0.1, -0.05) is 24.3 Å². The molecule has 0 aliphatic carbocycles. The molecule has 0 amide bonds. The van der Waals surface area contributed by atoms with Gasteiger partial charge >= 0.3 is 0 Å². The van der Waals surface area contributed by atoms with Crippen molar-refractivity contribution in [3.63, 3.8) is 0 Å². The van der Waals surface area contributed by atoms with E-state index >= 15 is 0 Å². The van der Waals surface area contributed by atoms with Crippen molar-refractivity contribution in [2.45, 2.75) is 20.5 Å². The number of hydrogen-bond donors (Lipinski definition) is 1. The van der Waals surface area contributed by atoms with Crippen LogP contribution in [0, 0.1) is 4.77 Å². The van der Waals surface area contributed by atoms with Crippen molar-refractivity contribution in [3.05, 3.63) is 53.3 Å². The molecule has 0 unspecified atom stereocenters. The second-order valence-electron chi connectivity index (χ2n) is 7.37. The monoisotopic (exact) mass is 441 g/mol. The molecule has 9 heteroatoms. The van der Waals surface area contributed by atoms with Crippen molar-refractivity contribution in [1.29, 1.82) is 0 Å². The number of ether oxygens (including phenoxy) is 2. The molecule has 2 heterocycles. The standard InChI is InChI=1S/C22H28N6O2S/c1-3-29-20-11-7-5-9-18(20)26-15-13-25(14-16-26)17-27-22(31)28(24-23-27)19-10-6-8-12-21(19)30-4-2/h5-12H,3-4,13-17H2,1-2H3/p+1. The maximum absolute atomic E-state index is 5.80. The van der Waals surface area contributed by atoms with Crippen LogP contribution in [0.4, 0.5) is 5.69 Å². The van der Waals surface area contributed by atoms with Crippen molar-refractivity contribution < 1.29 is 14.4 Å². The molecule has 31 heavy (non-hydrogen) atoms. The smallest absolute Gasteiger partial charge is 0.225 e. The van der Waals surface area contributed by atoms with E-state index in [2.05, 4.69) is 27.5 Å². The number of tetrazole rings is 1. The molecule has 0 atom stereocenters. The maximum atomic E-state index is 5.80. The van der Waals surface area contributed by atoms with Crippen LogP contribution in [-0.2, 0) is 6.67 Å². The Morgan fingerprint density at radius 2 is 1.45 bits per heavy atom. The molecule has 1 aromatic heterocycles. The lowest BCUT2D eigenvalue weighted by Crippen LogP contribution is -3.14. The van der Waals surface area contributed by atoms with Crippen LogP contribution in [0.1, 0.15) is 13.8 Å². The lowest BCUT2D eigenvalue weighted by molar-refractivity contribution is -0.924. The zero-order valence-electron chi connectivity index (χ0n) is 18.0. The SMILES string of the molecule is CCOc1ccccc1N1CC[NH+](Cn2nnn(-c3ccccc3OCC)c2=S)CC1. The minimum atomic E-state index is 0.573. The molecule has 1 fully saturated rings. The Bertz CT molecular complexity index is 1060. The molecule has 0 saturated carbocycles. The number of nitrogens with one attached hydrogen (secondary N) is 1. The fourth-order valence-corrected chi connectivity index (χ4v) is 4.10. The van der Waals surface area contributed by atoms with E-state index in [-0.39, 0.29) is 0 Å². The Balaban J connectivity index is 1.43. The molecule has 0 radical (unpaired) electrons. The average molecular weight is 442 g/mol. The van der Waals surface area contributed by atoms with Gasteiger partial charge in [-0.2, -0.15) is 9.36 Å². The van der Waals surface area contributed by atoms with Gasteiger partial charge in [-0.15, -0.1) is 0 Å². The number of piperazine rings is 1. The van der Waals surface area contributed by atoms with Crippen LogP contribution in [0.15, 0.2) is 48.5 Å². The van der Waals surface area contributed by atoms with Gasteiger partial charge in [0.15, 0.2) is 6.67 Å². The van der Waals surface area contributed by atoms with E-state index in [0.717, 1.165) is 43.4 Å². The molecule has 1 N–H and O–H groups in total. The topological polar surface area (TPSA) is 61.8 Å². The van der Waals surface area contributed by atoms with Crippen molar-refractivity contribution >= 4 is 17.9 Å². The highest BCUT2D eigenvalue weighted by Crippen LogP contribution is 2.27. The molecule has 164 valence electrons. The second kappa shape index (κ2) is 9.93. The third kappa shape index (κ3) is 4.72. The molecule has 1 saturated heterocycles. The van der Waals surface area contributed by atoms with E-state index in [0.29, 0.717) is 24.7 Å². The van der Waals surface area contributed by atoms with Gasteiger partial charge in [0.25, 0.3) is 0 Å². The van der Waals surface area contributed by atoms with Crippen LogP contribution in [0.3, 0.4) is 0 Å². The van der Waals surface area contributed by atoms with Crippen molar-refractivity contribution in [2.24, 2.45) is 0 Å². The Morgan fingerprint density at radius 3 is 2.10 bits per heavy atom. The summed E-state index contributed by atoms with van der Waals surface area (Å²) in [7, 11) is 0. The lowest BCUT2D eigenvalue weighted by atomic mass is 10.2. The van der Waals surface area contributed by atoms with Gasteiger partial charge in [0.1, 0.15) is 17.2 Å². The van der Waals surface area contributed by atoms with Crippen LogP contribution in [0.2, 0.25) is 0 Å². The molecule has 0 spiro atoms. The van der Waals surface area contributed by atoms with Crippen molar-refractivity contribution in [1.82, 2.24) is 19.8 Å². The van der Waals surface area contributed by atoms with Crippen molar-refractivity contribution in [2.75, 3.05) is 44.3 Å². The third-order valence-corrected chi connectivity index (χ3v) is 5.77. The molecule has 3 aromatic rings. The van der Waals surface area contributed by atoms with Gasteiger partial charge in [-0.25, -0.2) is 0 Å². The number of benzene rings is 2. The second-order valence-corrected chi connectivity index (χ2v) is 7.73. The summed E-state index contributed by atoms with van der Waals surface area (Å²) in [4.78, 5) is 3.81. The summed E-state index contributed by atoms with van der Waals surface area (Å²) < 4.78 is 15.6. The summed E-state index contributed by atoms with van der Waals surface area (Å²) in [6, 6.07) is 16.0. The molecule has 1 aliphatic heterocycles. The van der Waals surface area contributed by atoms with E-state index in [1.54, 1.807) is 9.36 Å². The minimum Gasteiger partial charge on any atom is -0.492 e. The van der Waals surface area contributed by atoms with E-state index in [4.69, 9.17) is 21.7 Å². The number of aromatic nitrogens is 4. The van der Waals surface area contributed by atoms with E-state index in [1.807, 2.05) is 50.2 Å². The number of nitrogens with zero attached hydrogens (tertiary/aromatic N) is 5. The summed E-state index contributed by atoms with van der Waals surface area (Å²) in [5, 5.41) is 8.61. The fraction of sp³-hybridized carbons (Fsp3) is 0.409. The van der Waals surface area contributed by atoms with Gasteiger partial charge in [0, 0.05) is 0 Å². The normalized spacial score (nSPS) is 14.6. The first-order valence-corrected chi connectivity index (χ1v) is 11.2. The minimum absolute atomic E-state index is 0.573. The first-order valence-electron chi connectivity index (χ1n) is 10.8. The predicted octanol–water partition coefficient (Wildman–Crippen LogP) is 1.96. The molecule has 1 aliphatic rings. The van der Waals surface area contributed by atoms with Crippen LogP contribution in [0.25, 0.3) is 5.69 Å².